The predicted octanol–water partition coefficient (Wildman–Crippen LogP) is 1.48. The Morgan fingerprint density at radius 3 is 2.90 bits per heavy atom. The molecule has 0 aliphatic carbocycles. The summed E-state index contributed by atoms with van der Waals surface area (Å²) in [4.78, 5) is 22.2. The summed E-state index contributed by atoms with van der Waals surface area (Å²) < 4.78 is 4.93. The Hall–Kier alpha value is -1.69. The lowest BCUT2D eigenvalue weighted by molar-refractivity contribution is 0.0943. The van der Waals surface area contributed by atoms with E-state index in [0.29, 0.717) is 18.8 Å². The van der Waals surface area contributed by atoms with Crippen LogP contribution in [0.2, 0.25) is 0 Å². The fourth-order valence-corrected chi connectivity index (χ4v) is 1.70. The fourth-order valence-electron chi connectivity index (χ4n) is 1.70. The van der Waals surface area contributed by atoms with E-state index in [-0.39, 0.29) is 5.91 Å². The maximum Gasteiger partial charge on any atom is 0.270 e. The average molecular weight is 280 g/mol. The smallest absolute Gasteiger partial charge is 0.270 e. The third-order valence-electron chi connectivity index (χ3n) is 2.93. The van der Waals surface area contributed by atoms with E-state index >= 15 is 0 Å². The molecule has 6 nitrogen and oxygen atoms in total. The quantitative estimate of drug-likeness (QED) is 0.694. The molecule has 1 heterocycles. The third-order valence-corrected chi connectivity index (χ3v) is 2.93. The van der Waals surface area contributed by atoms with Gasteiger partial charge in [0.1, 0.15) is 17.8 Å². The summed E-state index contributed by atoms with van der Waals surface area (Å²) in [7, 11) is 3.61. The number of nitrogens with zero attached hydrogens (tertiary/aromatic N) is 3. The highest BCUT2D eigenvalue weighted by Crippen LogP contribution is 2.10. The summed E-state index contributed by atoms with van der Waals surface area (Å²) in [6, 6.07) is 1.72. The van der Waals surface area contributed by atoms with Gasteiger partial charge in [-0.3, -0.25) is 4.79 Å². The molecule has 0 fully saturated rings. The number of amides is 1. The van der Waals surface area contributed by atoms with Crippen LogP contribution in [0, 0.1) is 0 Å². The molecule has 0 aliphatic rings. The maximum atomic E-state index is 11.9. The zero-order valence-electron chi connectivity index (χ0n) is 12.6. The van der Waals surface area contributed by atoms with Crippen molar-refractivity contribution in [3.8, 4) is 0 Å². The molecule has 0 bridgehead atoms. The zero-order valence-corrected chi connectivity index (χ0v) is 12.6. The van der Waals surface area contributed by atoms with Crippen LogP contribution in [0.1, 0.15) is 36.7 Å². The van der Waals surface area contributed by atoms with Crippen molar-refractivity contribution in [2.45, 2.75) is 26.2 Å². The van der Waals surface area contributed by atoms with Crippen molar-refractivity contribution in [3.05, 3.63) is 18.1 Å². The Kier molecular flexibility index (Phi) is 7.57. The molecule has 0 radical (unpaired) electrons. The van der Waals surface area contributed by atoms with Crippen molar-refractivity contribution >= 4 is 11.7 Å². The van der Waals surface area contributed by atoms with Gasteiger partial charge in [-0.2, -0.15) is 0 Å². The zero-order chi connectivity index (χ0) is 14.8. The first-order chi connectivity index (χ1) is 9.69. The lowest BCUT2D eigenvalue weighted by Crippen LogP contribution is -2.27. The molecule has 1 aromatic rings. The van der Waals surface area contributed by atoms with E-state index < -0.39 is 0 Å². The van der Waals surface area contributed by atoms with E-state index in [2.05, 4.69) is 22.2 Å². The normalized spacial score (nSPS) is 10.3. The minimum absolute atomic E-state index is 0.173. The molecule has 1 N–H and O–H groups in total. The number of hydrogen-bond donors (Lipinski definition) is 1. The molecule has 0 aliphatic heterocycles. The summed E-state index contributed by atoms with van der Waals surface area (Å²) in [5.41, 5.74) is 0.399. The molecular formula is C14H24N4O2. The molecule has 20 heavy (non-hydrogen) atoms. The minimum Gasteiger partial charge on any atom is -0.385 e. The molecular weight excluding hydrogens is 256 g/mol. The van der Waals surface area contributed by atoms with Crippen LogP contribution in [0.4, 0.5) is 5.82 Å². The van der Waals surface area contributed by atoms with Crippen molar-refractivity contribution in [1.29, 1.82) is 0 Å². The van der Waals surface area contributed by atoms with Crippen LogP contribution in [0.5, 0.6) is 0 Å². The second kappa shape index (κ2) is 9.25. The molecule has 1 rings (SSSR count). The topological polar surface area (TPSA) is 67.4 Å². The molecule has 112 valence electrons. The number of aromatic nitrogens is 2. The summed E-state index contributed by atoms with van der Waals surface area (Å²) in [5.74, 6) is 0.601. The standard InChI is InChI=1S/C14H24N4O2/c1-4-5-8-18(2)13-10-12(16-11-17-13)14(19)15-7-6-9-20-3/h10-11H,4-9H2,1-3H3,(H,15,19). The Labute approximate surface area is 120 Å². The number of ether oxygens (including phenoxy) is 1. The number of carbonyl (C=O) groups is 1. The van der Waals surface area contributed by atoms with E-state index in [1.807, 2.05) is 11.9 Å². The number of hydrogen-bond acceptors (Lipinski definition) is 5. The van der Waals surface area contributed by atoms with E-state index in [4.69, 9.17) is 4.74 Å². The highest BCUT2D eigenvalue weighted by atomic mass is 16.5. The lowest BCUT2D eigenvalue weighted by Gasteiger charge is -2.17. The highest BCUT2D eigenvalue weighted by molar-refractivity contribution is 5.92. The monoisotopic (exact) mass is 280 g/mol. The Morgan fingerprint density at radius 2 is 2.20 bits per heavy atom. The number of unbranched alkanes of at least 4 members (excludes halogenated alkanes) is 1. The molecule has 1 aromatic heterocycles. The van der Waals surface area contributed by atoms with E-state index in [0.717, 1.165) is 31.6 Å². The third kappa shape index (κ3) is 5.52. The Balaban J connectivity index is 2.55. The second-order valence-electron chi connectivity index (χ2n) is 4.64. The van der Waals surface area contributed by atoms with Gasteiger partial charge in [-0.25, -0.2) is 9.97 Å². The van der Waals surface area contributed by atoms with Crippen LogP contribution < -0.4 is 10.2 Å². The number of anilines is 1. The Bertz CT molecular complexity index is 412. The van der Waals surface area contributed by atoms with Gasteiger partial charge < -0.3 is 15.0 Å². The minimum atomic E-state index is -0.173. The summed E-state index contributed by atoms with van der Waals surface area (Å²) in [5, 5.41) is 2.82. The molecule has 0 unspecified atom stereocenters. The van der Waals surface area contributed by atoms with Gasteiger partial charge in [0.2, 0.25) is 0 Å². The molecule has 0 spiro atoms. The van der Waals surface area contributed by atoms with Gasteiger partial charge in [0.05, 0.1) is 0 Å². The van der Waals surface area contributed by atoms with E-state index in [1.54, 1.807) is 13.2 Å². The molecule has 0 saturated heterocycles. The first-order valence-electron chi connectivity index (χ1n) is 6.99. The lowest BCUT2D eigenvalue weighted by atomic mass is 10.3. The van der Waals surface area contributed by atoms with Crippen LogP contribution >= 0.6 is 0 Å². The summed E-state index contributed by atoms with van der Waals surface area (Å²) in [6.45, 7) is 4.28. The van der Waals surface area contributed by atoms with Crippen molar-refractivity contribution in [3.63, 3.8) is 0 Å². The van der Waals surface area contributed by atoms with E-state index in [1.165, 1.54) is 6.33 Å². The van der Waals surface area contributed by atoms with E-state index in [9.17, 15) is 4.79 Å². The first-order valence-corrected chi connectivity index (χ1v) is 6.99. The molecule has 1 amide bonds. The van der Waals surface area contributed by atoms with Crippen LogP contribution in [-0.4, -0.2) is 49.7 Å². The highest BCUT2D eigenvalue weighted by Gasteiger charge is 2.10. The molecule has 0 saturated carbocycles. The van der Waals surface area contributed by atoms with Crippen LogP contribution in [-0.2, 0) is 4.74 Å². The fraction of sp³-hybridized carbons (Fsp3) is 0.643. The van der Waals surface area contributed by atoms with Crippen molar-refractivity contribution in [1.82, 2.24) is 15.3 Å². The van der Waals surface area contributed by atoms with Crippen molar-refractivity contribution in [2.24, 2.45) is 0 Å². The van der Waals surface area contributed by atoms with Gasteiger partial charge in [0.25, 0.3) is 5.91 Å². The number of carbonyl (C=O) groups excluding carboxylic acids is 1. The van der Waals surface area contributed by atoms with Gasteiger partial charge >= 0.3 is 0 Å². The molecule has 6 heteroatoms. The molecule has 0 aromatic carbocycles. The van der Waals surface area contributed by atoms with Gasteiger partial charge in [-0.15, -0.1) is 0 Å². The average Bonchev–Trinajstić information content (AvgIpc) is 2.49. The largest absolute Gasteiger partial charge is 0.385 e. The Morgan fingerprint density at radius 1 is 1.40 bits per heavy atom. The number of nitrogens with one attached hydrogen (secondary N) is 1. The van der Waals surface area contributed by atoms with Crippen LogP contribution in [0.15, 0.2) is 12.4 Å². The van der Waals surface area contributed by atoms with Gasteiger partial charge in [0, 0.05) is 39.9 Å². The van der Waals surface area contributed by atoms with Crippen LogP contribution in [0.3, 0.4) is 0 Å². The second-order valence-corrected chi connectivity index (χ2v) is 4.64. The molecule has 0 atom stereocenters. The number of rotatable bonds is 9. The summed E-state index contributed by atoms with van der Waals surface area (Å²) in [6.07, 6.45) is 4.44. The SMILES string of the molecule is CCCCN(C)c1cc(C(=O)NCCCOC)ncn1. The number of methoxy groups -OCH3 is 1. The van der Waals surface area contributed by atoms with Gasteiger partial charge in [-0.1, -0.05) is 13.3 Å². The van der Waals surface area contributed by atoms with Gasteiger partial charge in [0.15, 0.2) is 0 Å². The first kappa shape index (κ1) is 16.4. The summed E-state index contributed by atoms with van der Waals surface area (Å²) >= 11 is 0. The van der Waals surface area contributed by atoms with Crippen LogP contribution in [0.25, 0.3) is 0 Å². The van der Waals surface area contributed by atoms with Crippen molar-refractivity contribution in [2.75, 3.05) is 38.8 Å². The van der Waals surface area contributed by atoms with Gasteiger partial charge in [-0.05, 0) is 12.8 Å². The predicted molar refractivity (Wildman–Crippen MR) is 79.0 cm³/mol. The maximum absolute atomic E-state index is 11.9. The van der Waals surface area contributed by atoms with Crippen molar-refractivity contribution < 1.29 is 9.53 Å².